The quantitative estimate of drug-likeness (QED) is 0.627. The number of nitrogens with zero attached hydrogens (tertiary/aromatic N) is 1. The van der Waals surface area contributed by atoms with Crippen LogP contribution in [0, 0.1) is 5.92 Å². The van der Waals surface area contributed by atoms with Crippen LogP contribution >= 0.6 is 0 Å². The molecule has 4 nitrogen and oxygen atoms in total. The van der Waals surface area contributed by atoms with Crippen molar-refractivity contribution >= 4 is 11.7 Å². The van der Waals surface area contributed by atoms with Crippen LogP contribution in [-0.4, -0.2) is 38.0 Å². The van der Waals surface area contributed by atoms with Crippen molar-refractivity contribution in [2.24, 2.45) is 10.9 Å². The third-order valence-electron chi connectivity index (χ3n) is 4.22. The van der Waals surface area contributed by atoms with Crippen LogP contribution in [0.4, 0.5) is 0 Å². The molecule has 0 aromatic heterocycles. The fourth-order valence-electron chi connectivity index (χ4n) is 2.92. The fraction of sp³-hybridized carbons (Fsp3) is 0.300. The minimum Gasteiger partial charge on any atom is -0.467 e. The molecule has 0 amide bonds. The molecule has 1 fully saturated rings. The summed E-state index contributed by atoms with van der Waals surface area (Å²) in [5.74, 6) is -0.255. The summed E-state index contributed by atoms with van der Waals surface area (Å²) in [4.78, 5) is 17.1. The number of carbonyl (C=O) groups excluding carboxylic acids is 1. The molecular weight excluding hydrogens is 302 g/mol. The molecule has 0 bridgehead atoms. The Morgan fingerprint density at radius 3 is 2.12 bits per heavy atom. The number of benzene rings is 2. The van der Waals surface area contributed by atoms with Gasteiger partial charge in [0.15, 0.2) is 6.04 Å². The van der Waals surface area contributed by atoms with Crippen molar-refractivity contribution in [3.63, 3.8) is 0 Å². The highest BCUT2D eigenvalue weighted by Crippen LogP contribution is 2.22. The van der Waals surface area contributed by atoms with Gasteiger partial charge in [-0.1, -0.05) is 60.7 Å². The van der Waals surface area contributed by atoms with Gasteiger partial charge in [0.2, 0.25) is 0 Å². The van der Waals surface area contributed by atoms with Gasteiger partial charge in [0.05, 0.1) is 19.4 Å². The van der Waals surface area contributed by atoms with Gasteiger partial charge in [0.1, 0.15) is 0 Å². The first-order valence-corrected chi connectivity index (χ1v) is 8.14. The van der Waals surface area contributed by atoms with Crippen molar-refractivity contribution in [1.82, 2.24) is 0 Å². The molecule has 1 aliphatic heterocycles. The smallest absolute Gasteiger partial charge is 0.330 e. The van der Waals surface area contributed by atoms with Crippen LogP contribution in [0.3, 0.4) is 0 Å². The highest BCUT2D eigenvalue weighted by Gasteiger charge is 2.32. The minimum absolute atomic E-state index is 0.0554. The zero-order valence-corrected chi connectivity index (χ0v) is 13.7. The summed E-state index contributed by atoms with van der Waals surface area (Å²) in [6.45, 7) is 1.21. The maximum absolute atomic E-state index is 12.3. The molecule has 0 spiro atoms. The topological polar surface area (TPSA) is 47.9 Å². The molecule has 0 N–H and O–H groups in total. The van der Waals surface area contributed by atoms with E-state index in [9.17, 15) is 4.79 Å². The third-order valence-corrected chi connectivity index (χ3v) is 4.22. The number of ether oxygens (including phenoxy) is 2. The highest BCUT2D eigenvalue weighted by atomic mass is 16.5. The van der Waals surface area contributed by atoms with E-state index < -0.39 is 6.04 Å². The molecule has 4 heteroatoms. The Balaban J connectivity index is 2.05. The van der Waals surface area contributed by atoms with Crippen molar-refractivity contribution in [2.75, 3.05) is 20.3 Å². The Hall–Kier alpha value is -2.46. The van der Waals surface area contributed by atoms with E-state index >= 15 is 0 Å². The Morgan fingerprint density at radius 2 is 1.67 bits per heavy atom. The lowest BCUT2D eigenvalue weighted by Gasteiger charge is -2.18. The minimum atomic E-state index is -0.548. The zero-order chi connectivity index (χ0) is 16.8. The first kappa shape index (κ1) is 16.4. The summed E-state index contributed by atoms with van der Waals surface area (Å²) in [5, 5.41) is 0. The van der Waals surface area contributed by atoms with Crippen LogP contribution < -0.4 is 0 Å². The number of hydrogen-bond acceptors (Lipinski definition) is 4. The largest absolute Gasteiger partial charge is 0.467 e. The van der Waals surface area contributed by atoms with E-state index in [1.807, 2.05) is 60.7 Å². The van der Waals surface area contributed by atoms with Crippen molar-refractivity contribution in [1.29, 1.82) is 0 Å². The summed E-state index contributed by atoms with van der Waals surface area (Å²) in [6.07, 6.45) is 0.820. The van der Waals surface area contributed by atoms with E-state index in [-0.39, 0.29) is 11.9 Å². The molecular formula is C20H21NO3. The highest BCUT2D eigenvalue weighted by molar-refractivity contribution is 6.13. The number of methoxy groups -OCH3 is 1. The van der Waals surface area contributed by atoms with Gasteiger partial charge in [-0.3, -0.25) is 4.99 Å². The van der Waals surface area contributed by atoms with E-state index in [1.165, 1.54) is 7.11 Å². The summed E-state index contributed by atoms with van der Waals surface area (Å²) in [6, 6.07) is 19.3. The Kier molecular flexibility index (Phi) is 5.39. The molecule has 24 heavy (non-hydrogen) atoms. The van der Waals surface area contributed by atoms with Crippen LogP contribution in [0.2, 0.25) is 0 Å². The van der Waals surface area contributed by atoms with Crippen LogP contribution in [-0.2, 0) is 14.3 Å². The SMILES string of the molecule is COC(=O)C(N=C(c1ccccc1)c1ccccc1)C1CCOC1. The van der Waals surface area contributed by atoms with Crippen LogP contribution in [0.25, 0.3) is 0 Å². The number of carbonyl (C=O) groups is 1. The Morgan fingerprint density at radius 1 is 1.08 bits per heavy atom. The summed E-state index contributed by atoms with van der Waals surface area (Å²) in [7, 11) is 1.41. The van der Waals surface area contributed by atoms with E-state index in [2.05, 4.69) is 0 Å². The van der Waals surface area contributed by atoms with Crippen molar-refractivity contribution < 1.29 is 14.3 Å². The first-order valence-electron chi connectivity index (χ1n) is 8.14. The monoisotopic (exact) mass is 323 g/mol. The van der Waals surface area contributed by atoms with Crippen LogP contribution in [0.15, 0.2) is 65.7 Å². The summed E-state index contributed by atoms with van der Waals surface area (Å²) in [5.41, 5.74) is 2.77. The lowest BCUT2D eigenvalue weighted by molar-refractivity contribution is -0.143. The molecule has 2 atom stereocenters. The number of aliphatic imine (C=N–C) groups is 1. The van der Waals surface area contributed by atoms with E-state index in [1.54, 1.807) is 0 Å². The van der Waals surface area contributed by atoms with Gasteiger partial charge in [-0.25, -0.2) is 4.79 Å². The Bertz CT molecular complexity index is 650. The second-order valence-corrected chi connectivity index (χ2v) is 5.80. The number of hydrogen-bond donors (Lipinski definition) is 0. The van der Waals surface area contributed by atoms with Crippen LogP contribution in [0.5, 0.6) is 0 Å². The van der Waals surface area contributed by atoms with Crippen molar-refractivity contribution in [3.8, 4) is 0 Å². The molecule has 2 aromatic rings. The molecule has 2 unspecified atom stereocenters. The maximum atomic E-state index is 12.3. The predicted molar refractivity (Wildman–Crippen MR) is 93.3 cm³/mol. The first-order chi connectivity index (χ1) is 11.8. The van der Waals surface area contributed by atoms with E-state index in [4.69, 9.17) is 14.5 Å². The number of rotatable bonds is 5. The molecule has 1 aliphatic rings. The molecule has 0 radical (unpaired) electrons. The summed E-state index contributed by atoms with van der Waals surface area (Å²) >= 11 is 0. The molecule has 0 saturated carbocycles. The standard InChI is InChI=1S/C20H21NO3/c1-23-20(22)19(17-12-13-24-14-17)21-18(15-8-4-2-5-9-15)16-10-6-3-7-11-16/h2-11,17,19H,12-14H2,1H3. The molecule has 1 saturated heterocycles. The van der Waals surface area contributed by atoms with Crippen molar-refractivity contribution in [2.45, 2.75) is 12.5 Å². The summed E-state index contributed by atoms with van der Waals surface area (Å²) < 4.78 is 10.4. The molecule has 3 rings (SSSR count). The van der Waals surface area contributed by atoms with Crippen LogP contribution in [0.1, 0.15) is 17.5 Å². The van der Waals surface area contributed by atoms with Gasteiger partial charge >= 0.3 is 5.97 Å². The Labute approximate surface area is 142 Å². The molecule has 124 valence electrons. The van der Waals surface area contributed by atoms with Gasteiger partial charge < -0.3 is 9.47 Å². The third kappa shape index (κ3) is 3.71. The fourth-order valence-corrected chi connectivity index (χ4v) is 2.92. The molecule has 2 aromatic carbocycles. The van der Waals surface area contributed by atoms with Gasteiger partial charge in [0, 0.05) is 23.7 Å². The van der Waals surface area contributed by atoms with E-state index in [0.29, 0.717) is 13.2 Å². The number of esters is 1. The zero-order valence-electron chi connectivity index (χ0n) is 13.7. The average Bonchev–Trinajstić information content (AvgIpc) is 3.18. The van der Waals surface area contributed by atoms with Gasteiger partial charge in [0.25, 0.3) is 0 Å². The van der Waals surface area contributed by atoms with Gasteiger partial charge in [-0.2, -0.15) is 0 Å². The lowest BCUT2D eigenvalue weighted by Crippen LogP contribution is -2.31. The normalized spacial score (nSPS) is 18.0. The second kappa shape index (κ2) is 7.88. The van der Waals surface area contributed by atoms with E-state index in [0.717, 1.165) is 23.3 Å². The molecule has 1 heterocycles. The van der Waals surface area contributed by atoms with Crippen molar-refractivity contribution in [3.05, 3.63) is 71.8 Å². The average molecular weight is 323 g/mol. The predicted octanol–water partition coefficient (Wildman–Crippen LogP) is 3.10. The van der Waals surface area contributed by atoms with Gasteiger partial charge in [-0.05, 0) is 6.42 Å². The maximum Gasteiger partial charge on any atom is 0.330 e. The second-order valence-electron chi connectivity index (χ2n) is 5.80. The molecule has 0 aliphatic carbocycles. The lowest BCUT2D eigenvalue weighted by atomic mass is 9.97. The van der Waals surface area contributed by atoms with Gasteiger partial charge in [-0.15, -0.1) is 0 Å².